The van der Waals surface area contributed by atoms with E-state index < -0.39 is 29.1 Å². The third-order valence-electron chi connectivity index (χ3n) is 7.18. The lowest BCUT2D eigenvalue weighted by Crippen LogP contribution is -2.56. The van der Waals surface area contributed by atoms with Crippen LogP contribution in [-0.2, 0) is 19.1 Å². The van der Waals surface area contributed by atoms with Gasteiger partial charge in [-0.15, -0.1) is 0 Å². The van der Waals surface area contributed by atoms with E-state index in [1.54, 1.807) is 21.7 Å². The number of aliphatic hydroxyl groups excluding tert-OH is 1. The van der Waals surface area contributed by atoms with Crippen molar-refractivity contribution in [3.8, 4) is 0 Å². The topological polar surface area (TPSA) is 90.4 Å². The lowest BCUT2D eigenvalue weighted by molar-refractivity contribution is -0.152. The van der Waals surface area contributed by atoms with Crippen LogP contribution in [0.4, 0.5) is 0 Å². The predicted octanol–water partition coefficient (Wildman–Crippen LogP) is 0.566. The number of rotatable bonds is 6. The Balaban J connectivity index is 1.82. The van der Waals surface area contributed by atoms with Crippen LogP contribution in [0.5, 0.6) is 0 Å². The van der Waals surface area contributed by atoms with Gasteiger partial charge in [-0.3, -0.25) is 14.4 Å². The first-order valence-corrected chi connectivity index (χ1v) is 11.3. The average molecular weight is 432 g/mol. The Kier molecular flexibility index (Phi) is 5.72. The van der Waals surface area contributed by atoms with Crippen molar-refractivity contribution in [1.29, 1.82) is 0 Å². The van der Waals surface area contributed by atoms with Crippen molar-refractivity contribution in [1.82, 2.24) is 14.7 Å². The molecular formula is C23H33N3O5. The molecule has 31 heavy (non-hydrogen) atoms. The number of unbranched alkanes of at least 4 members (excludes halogenated alkanes) is 1. The molecule has 2 fully saturated rings. The molecule has 4 rings (SSSR count). The number of hydrogen-bond acceptors (Lipinski definition) is 5. The molecule has 4 aliphatic heterocycles. The molecular weight excluding hydrogens is 398 g/mol. The minimum atomic E-state index is -1.19. The van der Waals surface area contributed by atoms with E-state index in [4.69, 9.17) is 4.74 Å². The third-order valence-corrected chi connectivity index (χ3v) is 7.18. The quantitative estimate of drug-likeness (QED) is 0.621. The number of carbonyl (C=O) groups is 3. The second-order valence-electron chi connectivity index (χ2n) is 9.27. The van der Waals surface area contributed by atoms with Gasteiger partial charge in [0.2, 0.25) is 17.7 Å². The molecule has 1 unspecified atom stereocenters. The Bertz CT molecular complexity index is 826. The van der Waals surface area contributed by atoms with Gasteiger partial charge in [0, 0.05) is 39.8 Å². The Morgan fingerprint density at radius 1 is 1.03 bits per heavy atom. The molecule has 5 atom stereocenters. The standard InChI is InChI=1S/C23H33N3O5/c1-4-5-12-25-13-7-10-23-17(20(29)26(14-8-15-27)18(23)21(25)30)16-19(28)24(3)11-6-9-22(16,2)31-23/h6-7,9-10,16-18,27H,4-5,8,11-15H2,1-3H3/t16-,17-,18?,22+,23-/m0/s1. The lowest BCUT2D eigenvalue weighted by atomic mass is 9.74. The molecule has 4 heterocycles. The Hall–Kier alpha value is -2.19. The van der Waals surface area contributed by atoms with Crippen LogP contribution in [0.15, 0.2) is 24.3 Å². The Labute approximate surface area is 183 Å². The summed E-state index contributed by atoms with van der Waals surface area (Å²) < 4.78 is 6.66. The van der Waals surface area contributed by atoms with Crippen molar-refractivity contribution in [2.45, 2.75) is 50.4 Å². The van der Waals surface area contributed by atoms with Crippen molar-refractivity contribution in [3.05, 3.63) is 24.3 Å². The van der Waals surface area contributed by atoms with Crippen molar-refractivity contribution in [3.63, 3.8) is 0 Å². The molecule has 8 nitrogen and oxygen atoms in total. The second kappa shape index (κ2) is 8.06. The molecule has 170 valence electrons. The van der Waals surface area contributed by atoms with Gasteiger partial charge in [0.15, 0.2) is 0 Å². The molecule has 0 aromatic carbocycles. The van der Waals surface area contributed by atoms with Gasteiger partial charge in [-0.05, 0) is 19.8 Å². The number of ether oxygens (including phenoxy) is 1. The maximum absolute atomic E-state index is 13.8. The van der Waals surface area contributed by atoms with E-state index in [-0.39, 0.29) is 30.9 Å². The smallest absolute Gasteiger partial charge is 0.249 e. The number of fused-ring (bicyclic) bond motifs is 2. The fourth-order valence-corrected chi connectivity index (χ4v) is 5.72. The summed E-state index contributed by atoms with van der Waals surface area (Å²) in [5, 5.41) is 9.39. The number of carbonyl (C=O) groups excluding carboxylic acids is 3. The van der Waals surface area contributed by atoms with Crippen LogP contribution >= 0.6 is 0 Å². The molecule has 0 aliphatic carbocycles. The van der Waals surface area contributed by atoms with E-state index in [0.29, 0.717) is 26.1 Å². The summed E-state index contributed by atoms with van der Waals surface area (Å²) >= 11 is 0. The SMILES string of the molecule is CCCCN1CC=C[C@]23O[C@]4(C)C=CCN(C)C(=O)[C@@H]4[C@H]2C(=O)N(CCCO)C3C1=O. The zero-order chi connectivity index (χ0) is 22.4. The van der Waals surface area contributed by atoms with Crippen LogP contribution in [0.3, 0.4) is 0 Å². The van der Waals surface area contributed by atoms with E-state index in [2.05, 4.69) is 6.92 Å². The van der Waals surface area contributed by atoms with Crippen molar-refractivity contribution < 1.29 is 24.2 Å². The average Bonchev–Trinajstić information content (AvgIpc) is 3.01. The first kappa shape index (κ1) is 22.0. The van der Waals surface area contributed by atoms with Gasteiger partial charge in [0.1, 0.15) is 11.6 Å². The number of nitrogens with zero attached hydrogens (tertiary/aromatic N) is 3. The first-order chi connectivity index (χ1) is 14.8. The highest BCUT2D eigenvalue weighted by Crippen LogP contribution is 2.57. The maximum atomic E-state index is 13.8. The Morgan fingerprint density at radius 3 is 2.48 bits per heavy atom. The molecule has 2 saturated heterocycles. The number of amides is 3. The predicted molar refractivity (Wildman–Crippen MR) is 114 cm³/mol. The summed E-state index contributed by atoms with van der Waals surface area (Å²) in [6, 6.07) is -0.831. The summed E-state index contributed by atoms with van der Waals surface area (Å²) in [4.78, 5) is 45.8. The van der Waals surface area contributed by atoms with Crippen LogP contribution in [0, 0.1) is 11.8 Å². The molecule has 1 N–H and O–H groups in total. The van der Waals surface area contributed by atoms with Crippen LogP contribution in [0.2, 0.25) is 0 Å². The van der Waals surface area contributed by atoms with E-state index in [9.17, 15) is 19.5 Å². The first-order valence-electron chi connectivity index (χ1n) is 11.3. The van der Waals surface area contributed by atoms with Crippen LogP contribution in [0.1, 0.15) is 33.1 Å². The van der Waals surface area contributed by atoms with Crippen molar-refractivity contribution in [2.24, 2.45) is 11.8 Å². The highest BCUT2D eigenvalue weighted by molar-refractivity contribution is 6.00. The van der Waals surface area contributed by atoms with Crippen LogP contribution in [0.25, 0.3) is 0 Å². The molecule has 8 heteroatoms. The maximum Gasteiger partial charge on any atom is 0.249 e. The zero-order valence-electron chi connectivity index (χ0n) is 18.6. The highest BCUT2D eigenvalue weighted by Gasteiger charge is 2.74. The molecule has 4 aliphatic rings. The molecule has 0 aromatic heterocycles. The van der Waals surface area contributed by atoms with Gasteiger partial charge < -0.3 is 24.5 Å². The molecule has 0 bridgehead atoms. The number of aliphatic hydroxyl groups is 1. The van der Waals surface area contributed by atoms with Crippen LogP contribution in [-0.4, -0.2) is 94.6 Å². The summed E-state index contributed by atoms with van der Waals surface area (Å²) in [6.45, 7) is 5.63. The van der Waals surface area contributed by atoms with Crippen molar-refractivity contribution in [2.75, 3.05) is 39.8 Å². The number of likely N-dealkylation sites (N-methyl/N-ethyl adjacent to an activating group) is 1. The summed E-state index contributed by atoms with van der Waals surface area (Å²) in [5.74, 6) is -2.00. The molecule has 1 spiro atoms. The van der Waals surface area contributed by atoms with E-state index in [0.717, 1.165) is 12.8 Å². The summed E-state index contributed by atoms with van der Waals surface area (Å²) in [5.41, 5.74) is -2.16. The largest absolute Gasteiger partial charge is 0.396 e. The fraction of sp³-hybridized carbons (Fsp3) is 0.696. The van der Waals surface area contributed by atoms with E-state index in [1.807, 2.05) is 31.2 Å². The molecule has 3 amide bonds. The van der Waals surface area contributed by atoms with Gasteiger partial charge in [-0.1, -0.05) is 37.6 Å². The second-order valence-corrected chi connectivity index (χ2v) is 9.27. The normalized spacial score (nSPS) is 37.1. The molecule has 0 saturated carbocycles. The Morgan fingerprint density at radius 2 is 1.77 bits per heavy atom. The lowest BCUT2D eigenvalue weighted by Gasteiger charge is -2.37. The molecule has 0 aromatic rings. The van der Waals surface area contributed by atoms with E-state index >= 15 is 0 Å². The fourth-order valence-electron chi connectivity index (χ4n) is 5.72. The summed E-state index contributed by atoms with van der Waals surface area (Å²) in [7, 11) is 1.73. The number of hydrogen-bond donors (Lipinski definition) is 1. The van der Waals surface area contributed by atoms with Gasteiger partial charge >= 0.3 is 0 Å². The summed E-state index contributed by atoms with van der Waals surface area (Å²) in [6.07, 6.45) is 9.76. The van der Waals surface area contributed by atoms with Gasteiger partial charge in [-0.25, -0.2) is 0 Å². The zero-order valence-corrected chi connectivity index (χ0v) is 18.6. The van der Waals surface area contributed by atoms with Crippen molar-refractivity contribution >= 4 is 17.7 Å². The molecule has 0 radical (unpaired) electrons. The minimum Gasteiger partial charge on any atom is -0.396 e. The number of likely N-dealkylation sites (tertiary alicyclic amines) is 1. The van der Waals surface area contributed by atoms with E-state index in [1.165, 1.54) is 0 Å². The van der Waals surface area contributed by atoms with Gasteiger partial charge in [-0.2, -0.15) is 0 Å². The monoisotopic (exact) mass is 431 g/mol. The van der Waals surface area contributed by atoms with Crippen LogP contribution < -0.4 is 0 Å². The van der Waals surface area contributed by atoms with Gasteiger partial charge in [0.25, 0.3) is 0 Å². The van der Waals surface area contributed by atoms with Gasteiger partial charge in [0.05, 0.1) is 17.4 Å². The highest BCUT2D eigenvalue weighted by atomic mass is 16.5. The minimum absolute atomic E-state index is 0.0792. The third kappa shape index (κ3) is 3.22.